The van der Waals surface area contributed by atoms with E-state index in [0.717, 1.165) is 43.5 Å². The Hall–Kier alpha value is -1.74. The minimum absolute atomic E-state index is 0.0639. The summed E-state index contributed by atoms with van der Waals surface area (Å²) in [5.74, 6) is 1.74. The molecule has 2 aromatic rings. The van der Waals surface area contributed by atoms with E-state index in [4.69, 9.17) is 11.6 Å². The molecule has 4 saturated carbocycles. The second kappa shape index (κ2) is 8.21. The van der Waals surface area contributed by atoms with Crippen LogP contribution in [0.2, 0.25) is 5.02 Å². The average molecular weight is 562 g/mol. The number of carboxylic acid groups (broad SMARTS) is 1. The Morgan fingerprint density at radius 1 is 0.975 bits per heavy atom. The number of aromatic amines is 1. The normalized spacial score (nSPS) is 45.1. The highest BCUT2D eigenvalue weighted by Crippen LogP contribution is 2.77. The summed E-state index contributed by atoms with van der Waals surface area (Å²) >= 11 is 6.54. The first kappa shape index (κ1) is 27.1. The lowest BCUT2D eigenvalue weighted by Gasteiger charge is -2.72. The monoisotopic (exact) mass is 561 g/mol. The second-order valence-electron chi connectivity index (χ2n) is 16.2. The summed E-state index contributed by atoms with van der Waals surface area (Å²) in [4.78, 5) is 16.8. The molecule has 5 aliphatic rings. The number of allylic oxidation sites excluding steroid dienone is 1. The van der Waals surface area contributed by atoms with Gasteiger partial charge in [-0.25, -0.2) is 0 Å². The SMILES string of the molecule is C=C(C)[C@@H]1CC[C@]2(C(=O)O)CC[C@]3(C)C(CCC4[C@@]5(C)Cc6c([nH]c7ccc(Cl)cc67)C(C)(C)C5CC[C@]43C)C12. The predicted molar refractivity (Wildman–Crippen MR) is 164 cm³/mol. The minimum Gasteiger partial charge on any atom is -0.481 e. The number of rotatable bonds is 2. The molecule has 1 aromatic carbocycles. The van der Waals surface area contributed by atoms with Crippen LogP contribution in [0, 0.1) is 51.2 Å². The van der Waals surface area contributed by atoms with Gasteiger partial charge in [-0.3, -0.25) is 4.79 Å². The van der Waals surface area contributed by atoms with Crippen molar-refractivity contribution in [2.75, 3.05) is 0 Å². The van der Waals surface area contributed by atoms with Gasteiger partial charge in [0, 0.05) is 27.0 Å². The zero-order chi connectivity index (χ0) is 28.6. The van der Waals surface area contributed by atoms with Crippen LogP contribution in [-0.2, 0) is 16.6 Å². The van der Waals surface area contributed by atoms with E-state index in [-0.39, 0.29) is 27.6 Å². The van der Waals surface area contributed by atoms with E-state index in [1.165, 1.54) is 47.0 Å². The van der Waals surface area contributed by atoms with Gasteiger partial charge in [0.15, 0.2) is 0 Å². The zero-order valence-corrected chi connectivity index (χ0v) is 26.2. The van der Waals surface area contributed by atoms with Gasteiger partial charge >= 0.3 is 5.97 Å². The highest BCUT2D eigenvalue weighted by molar-refractivity contribution is 6.31. The summed E-state index contributed by atoms with van der Waals surface area (Å²) in [6.07, 6.45) is 9.69. The predicted octanol–water partition coefficient (Wildman–Crippen LogP) is 9.58. The van der Waals surface area contributed by atoms with Gasteiger partial charge in [-0.1, -0.05) is 58.4 Å². The number of aromatic nitrogens is 1. The van der Waals surface area contributed by atoms with Crippen LogP contribution in [0.3, 0.4) is 0 Å². The fraction of sp³-hybridized carbons (Fsp3) is 0.694. The van der Waals surface area contributed by atoms with Crippen molar-refractivity contribution in [3.8, 4) is 0 Å². The third-order valence-corrected chi connectivity index (χ3v) is 14.9. The minimum atomic E-state index is -0.552. The molecule has 0 spiro atoms. The van der Waals surface area contributed by atoms with Crippen molar-refractivity contribution >= 4 is 28.5 Å². The number of fused-ring (bicyclic) bond motifs is 10. The number of aliphatic carboxylic acids is 1. The summed E-state index contributed by atoms with van der Waals surface area (Å²) in [6.45, 7) is 19.4. The molecule has 1 heterocycles. The quantitative estimate of drug-likeness (QED) is 0.358. The number of hydrogen-bond donors (Lipinski definition) is 2. The van der Waals surface area contributed by atoms with Gasteiger partial charge in [0.05, 0.1) is 5.41 Å². The van der Waals surface area contributed by atoms with E-state index in [1.54, 1.807) is 0 Å². The van der Waals surface area contributed by atoms with Crippen molar-refractivity contribution in [2.45, 2.75) is 105 Å². The van der Waals surface area contributed by atoms with E-state index in [1.807, 2.05) is 6.07 Å². The summed E-state index contributed by atoms with van der Waals surface area (Å²) in [5.41, 5.74) is 5.40. The maximum atomic E-state index is 13.0. The molecule has 0 aliphatic heterocycles. The molecule has 3 nitrogen and oxygen atoms in total. The third-order valence-electron chi connectivity index (χ3n) is 14.7. The van der Waals surface area contributed by atoms with Gasteiger partial charge < -0.3 is 10.1 Å². The van der Waals surface area contributed by atoms with Crippen LogP contribution in [0.25, 0.3) is 10.9 Å². The summed E-state index contributed by atoms with van der Waals surface area (Å²) < 4.78 is 0. The van der Waals surface area contributed by atoms with Crippen molar-refractivity contribution in [2.24, 2.45) is 51.2 Å². The van der Waals surface area contributed by atoms with Crippen LogP contribution in [-0.4, -0.2) is 16.1 Å². The van der Waals surface area contributed by atoms with Crippen molar-refractivity contribution in [3.63, 3.8) is 0 Å². The summed E-state index contributed by atoms with van der Waals surface area (Å²) in [6, 6.07) is 6.34. The molecule has 4 fully saturated rings. The summed E-state index contributed by atoms with van der Waals surface area (Å²) in [7, 11) is 0. The number of H-pyrrole nitrogens is 1. The highest BCUT2D eigenvalue weighted by atomic mass is 35.5. The molecule has 0 bridgehead atoms. The number of nitrogens with one attached hydrogen (secondary N) is 1. The van der Waals surface area contributed by atoms with Gasteiger partial charge in [-0.15, -0.1) is 0 Å². The van der Waals surface area contributed by atoms with Crippen LogP contribution >= 0.6 is 11.6 Å². The Kier molecular flexibility index (Phi) is 5.56. The van der Waals surface area contributed by atoms with E-state index < -0.39 is 11.4 Å². The first-order chi connectivity index (χ1) is 18.7. The average Bonchev–Trinajstić information content (AvgIpc) is 3.44. The maximum absolute atomic E-state index is 13.0. The van der Waals surface area contributed by atoms with E-state index >= 15 is 0 Å². The van der Waals surface area contributed by atoms with Gasteiger partial charge in [0.25, 0.3) is 0 Å². The lowest BCUT2D eigenvalue weighted by molar-refractivity contribution is -0.227. The third kappa shape index (κ3) is 3.07. The molecule has 0 radical (unpaired) electrons. The maximum Gasteiger partial charge on any atom is 0.309 e. The molecule has 216 valence electrons. The number of carbonyl (C=O) groups is 1. The Morgan fingerprint density at radius 3 is 2.42 bits per heavy atom. The fourth-order valence-corrected chi connectivity index (χ4v) is 13.0. The standard InChI is InChI=1S/C36H48ClNO2/c1-20(2)22-12-15-36(31(39)40)17-16-34(6)25(29(22)36)9-11-28-33(5)19-24-23-18-21(37)8-10-26(23)38-30(24)32(3,4)27(33)13-14-35(28,34)7/h8,10,18,22,25,27-29,38H,1,9,11-17,19H2,2-7H3,(H,39,40)/t22-,25?,27?,28?,29?,33-,34+,35+,36-/m0/s1. The van der Waals surface area contributed by atoms with Crippen molar-refractivity contribution < 1.29 is 9.90 Å². The second-order valence-corrected chi connectivity index (χ2v) is 16.7. The molecule has 7 rings (SSSR count). The number of halogens is 1. The first-order valence-electron chi connectivity index (χ1n) is 15.9. The Balaban J connectivity index is 1.34. The highest BCUT2D eigenvalue weighted by Gasteiger charge is 2.72. The molecule has 9 atom stereocenters. The number of benzene rings is 1. The first-order valence-corrected chi connectivity index (χ1v) is 16.3. The van der Waals surface area contributed by atoms with Crippen molar-refractivity contribution in [1.82, 2.24) is 4.98 Å². The van der Waals surface area contributed by atoms with Crippen LogP contribution in [0.1, 0.15) is 104 Å². The molecule has 1 aromatic heterocycles. The van der Waals surface area contributed by atoms with Crippen molar-refractivity contribution in [1.29, 1.82) is 0 Å². The number of carboxylic acids is 1. The van der Waals surface area contributed by atoms with Crippen LogP contribution in [0.15, 0.2) is 30.4 Å². The molecule has 5 aliphatic carbocycles. The van der Waals surface area contributed by atoms with Gasteiger partial charge in [-0.05, 0) is 134 Å². The van der Waals surface area contributed by atoms with E-state index in [2.05, 4.69) is 65.2 Å². The van der Waals surface area contributed by atoms with Gasteiger partial charge in [0.2, 0.25) is 0 Å². The van der Waals surface area contributed by atoms with E-state index in [0.29, 0.717) is 23.7 Å². The molecule has 0 saturated heterocycles. The van der Waals surface area contributed by atoms with Crippen LogP contribution < -0.4 is 0 Å². The largest absolute Gasteiger partial charge is 0.481 e. The molecule has 40 heavy (non-hydrogen) atoms. The Bertz CT molecular complexity index is 1440. The molecule has 0 amide bonds. The van der Waals surface area contributed by atoms with Crippen LogP contribution in [0.4, 0.5) is 0 Å². The Morgan fingerprint density at radius 2 is 1.73 bits per heavy atom. The summed E-state index contributed by atoms with van der Waals surface area (Å²) in [5, 5.41) is 12.8. The topological polar surface area (TPSA) is 53.1 Å². The van der Waals surface area contributed by atoms with Gasteiger partial charge in [0.1, 0.15) is 0 Å². The smallest absolute Gasteiger partial charge is 0.309 e. The van der Waals surface area contributed by atoms with Gasteiger partial charge in [-0.2, -0.15) is 0 Å². The molecule has 4 heteroatoms. The molecule has 2 N–H and O–H groups in total. The molecular weight excluding hydrogens is 514 g/mol. The lowest BCUT2D eigenvalue weighted by atomic mass is 9.32. The number of hydrogen-bond acceptors (Lipinski definition) is 1. The molecular formula is C36H48ClNO2. The fourth-order valence-electron chi connectivity index (χ4n) is 12.8. The van der Waals surface area contributed by atoms with Crippen molar-refractivity contribution in [3.05, 3.63) is 46.6 Å². The van der Waals surface area contributed by atoms with Crippen LogP contribution in [0.5, 0.6) is 0 Å². The lowest BCUT2D eigenvalue weighted by Crippen LogP contribution is -2.66. The zero-order valence-electron chi connectivity index (χ0n) is 25.4. The van der Waals surface area contributed by atoms with E-state index in [9.17, 15) is 9.90 Å². The molecule has 4 unspecified atom stereocenters. The Labute approximate surface area is 245 Å².